The molecule has 0 fully saturated rings. The lowest BCUT2D eigenvalue weighted by Gasteiger charge is -2.14. The van der Waals surface area contributed by atoms with Crippen molar-refractivity contribution in [3.8, 4) is 0 Å². The molecular weight excluding hydrogens is 326 g/mol. The molecule has 1 amide bonds. The summed E-state index contributed by atoms with van der Waals surface area (Å²) in [5, 5.41) is 2.86. The van der Waals surface area contributed by atoms with Gasteiger partial charge in [-0.15, -0.1) is 0 Å². The van der Waals surface area contributed by atoms with Crippen molar-refractivity contribution in [3.05, 3.63) is 68.6 Å². The van der Waals surface area contributed by atoms with Crippen molar-refractivity contribution in [1.82, 2.24) is 9.55 Å². The fourth-order valence-corrected chi connectivity index (χ4v) is 3.14. The summed E-state index contributed by atoms with van der Waals surface area (Å²) in [5.41, 5.74) is 5.74. The van der Waals surface area contributed by atoms with E-state index in [4.69, 9.17) is 0 Å². The minimum absolute atomic E-state index is 0.0785. The van der Waals surface area contributed by atoms with Crippen molar-refractivity contribution in [2.24, 2.45) is 0 Å². The van der Waals surface area contributed by atoms with E-state index in [-0.39, 0.29) is 11.3 Å². The maximum Gasteiger partial charge on any atom is 0.282 e. The van der Waals surface area contributed by atoms with Crippen LogP contribution in [-0.4, -0.2) is 15.5 Å². The number of carbonyl (C=O) groups is 1. The van der Waals surface area contributed by atoms with E-state index in [1.165, 1.54) is 0 Å². The maximum absolute atomic E-state index is 12.9. The Morgan fingerprint density at radius 2 is 1.65 bits per heavy atom. The quantitative estimate of drug-likeness (QED) is 0.780. The Bertz CT molecular complexity index is 1060. The second-order valence-electron chi connectivity index (χ2n) is 6.66. The molecule has 0 radical (unpaired) electrons. The zero-order valence-corrected chi connectivity index (χ0v) is 15.8. The topological polar surface area (TPSA) is 64.0 Å². The Balaban J connectivity index is 2.15. The fourth-order valence-electron chi connectivity index (χ4n) is 3.14. The van der Waals surface area contributed by atoms with Gasteiger partial charge in [0.2, 0.25) is 0 Å². The predicted octanol–water partition coefficient (Wildman–Crippen LogP) is 3.90. The lowest BCUT2D eigenvalue weighted by atomic mass is 10.1. The highest BCUT2D eigenvalue weighted by Gasteiger charge is 2.19. The van der Waals surface area contributed by atoms with Crippen LogP contribution in [0.1, 0.15) is 39.7 Å². The minimum Gasteiger partial charge on any atom is -0.320 e. The van der Waals surface area contributed by atoms with E-state index in [0.29, 0.717) is 12.1 Å². The van der Waals surface area contributed by atoms with E-state index in [1.807, 2.05) is 65.0 Å². The van der Waals surface area contributed by atoms with Crippen LogP contribution in [0, 0.1) is 27.7 Å². The van der Waals surface area contributed by atoms with Gasteiger partial charge in [-0.1, -0.05) is 18.2 Å². The number of nitrogens with zero attached hydrogens (tertiary/aromatic N) is 2. The highest BCUT2D eigenvalue weighted by molar-refractivity contribution is 6.04. The van der Waals surface area contributed by atoms with Gasteiger partial charge in [0.1, 0.15) is 0 Å². The van der Waals surface area contributed by atoms with Crippen molar-refractivity contribution in [2.45, 2.75) is 41.2 Å². The van der Waals surface area contributed by atoms with Crippen LogP contribution < -0.4 is 10.9 Å². The van der Waals surface area contributed by atoms with Crippen LogP contribution in [0.4, 0.5) is 5.69 Å². The molecule has 5 nitrogen and oxygen atoms in total. The Morgan fingerprint density at radius 1 is 1.04 bits per heavy atom. The second-order valence-corrected chi connectivity index (χ2v) is 6.66. The molecule has 0 atom stereocenters. The highest BCUT2D eigenvalue weighted by Crippen LogP contribution is 2.21. The van der Waals surface area contributed by atoms with E-state index < -0.39 is 5.91 Å². The van der Waals surface area contributed by atoms with Gasteiger partial charge in [-0.2, -0.15) is 0 Å². The summed E-state index contributed by atoms with van der Waals surface area (Å²) < 4.78 is 1.61. The van der Waals surface area contributed by atoms with Gasteiger partial charge < -0.3 is 9.88 Å². The first-order chi connectivity index (χ1) is 12.3. The average molecular weight is 349 g/mol. The van der Waals surface area contributed by atoms with Crippen LogP contribution in [0.15, 0.2) is 35.1 Å². The zero-order chi connectivity index (χ0) is 19.0. The first-order valence-corrected chi connectivity index (χ1v) is 8.72. The van der Waals surface area contributed by atoms with Gasteiger partial charge in [0.15, 0.2) is 5.69 Å². The smallest absolute Gasteiger partial charge is 0.282 e. The number of hydrogen-bond acceptors (Lipinski definition) is 3. The first-order valence-electron chi connectivity index (χ1n) is 8.72. The van der Waals surface area contributed by atoms with Crippen LogP contribution in [-0.2, 0) is 6.54 Å². The third kappa shape index (κ3) is 3.01. The standard InChI is InChI=1S/C21H23N3O2/c1-6-24-17-11-15(5)14(4)10-16(17)22-19(21(24)26)20(25)23-18-12(2)8-7-9-13(18)3/h7-11H,6H2,1-5H3,(H,23,25). The van der Waals surface area contributed by atoms with E-state index in [1.54, 1.807) is 4.57 Å². The average Bonchev–Trinajstić information content (AvgIpc) is 2.59. The SMILES string of the molecule is CCn1c(=O)c(C(=O)Nc2c(C)cccc2C)nc2cc(C)c(C)cc21. The number of aromatic nitrogens is 2. The van der Waals surface area contributed by atoms with E-state index in [2.05, 4.69) is 10.3 Å². The minimum atomic E-state index is -0.477. The Kier molecular flexibility index (Phi) is 4.64. The number of benzene rings is 2. The number of amides is 1. The summed E-state index contributed by atoms with van der Waals surface area (Å²) in [6.45, 7) is 10.2. The molecule has 0 unspecified atom stereocenters. The molecule has 1 aromatic heterocycles. The van der Waals surface area contributed by atoms with Gasteiger partial charge in [-0.3, -0.25) is 9.59 Å². The number of aryl methyl sites for hydroxylation is 5. The number of nitrogens with one attached hydrogen (secondary N) is 1. The van der Waals surface area contributed by atoms with Crippen molar-refractivity contribution in [2.75, 3.05) is 5.32 Å². The lowest BCUT2D eigenvalue weighted by molar-refractivity contribution is 0.102. The van der Waals surface area contributed by atoms with Crippen LogP contribution in [0.3, 0.4) is 0 Å². The molecule has 26 heavy (non-hydrogen) atoms. The Morgan fingerprint density at radius 3 is 2.27 bits per heavy atom. The second kappa shape index (κ2) is 6.75. The molecule has 2 aromatic carbocycles. The van der Waals surface area contributed by atoms with Crippen molar-refractivity contribution < 1.29 is 4.79 Å². The molecule has 0 aliphatic rings. The Labute approximate surface area is 152 Å². The third-order valence-electron chi connectivity index (χ3n) is 4.81. The first kappa shape index (κ1) is 17.9. The molecule has 3 rings (SSSR count). The Hall–Kier alpha value is -2.95. The molecule has 0 saturated carbocycles. The molecule has 0 aliphatic carbocycles. The number of fused-ring (bicyclic) bond motifs is 1. The van der Waals surface area contributed by atoms with Crippen LogP contribution in [0.5, 0.6) is 0 Å². The summed E-state index contributed by atoms with van der Waals surface area (Å²) in [6.07, 6.45) is 0. The van der Waals surface area contributed by atoms with Gasteiger partial charge in [-0.25, -0.2) is 4.98 Å². The zero-order valence-electron chi connectivity index (χ0n) is 15.8. The molecule has 0 aliphatic heterocycles. The van der Waals surface area contributed by atoms with Gasteiger partial charge >= 0.3 is 0 Å². The predicted molar refractivity (Wildman–Crippen MR) is 105 cm³/mol. The summed E-state index contributed by atoms with van der Waals surface area (Å²) in [7, 11) is 0. The summed E-state index contributed by atoms with van der Waals surface area (Å²) in [4.78, 5) is 30.1. The molecular formula is C21H23N3O2. The fraction of sp³-hybridized carbons (Fsp3) is 0.286. The van der Waals surface area contributed by atoms with Gasteiger partial charge in [-0.05, 0) is 69.0 Å². The monoisotopic (exact) mass is 349 g/mol. The molecule has 5 heteroatoms. The maximum atomic E-state index is 12.9. The lowest BCUT2D eigenvalue weighted by Crippen LogP contribution is -2.31. The summed E-state index contributed by atoms with van der Waals surface area (Å²) in [5.74, 6) is -0.477. The molecule has 3 aromatic rings. The van der Waals surface area contributed by atoms with Gasteiger partial charge in [0.25, 0.3) is 11.5 Å². The number of hydrogen-bond donors (Lipinski definition) is 1. The molecule has 134 valence electrons. The van der Waals surface area contributed by atoms with Crippen LogP contribution in [0.2, 0.25) is 0 Å². The highest BCUT2D eigenvalue weighted by atomic mass is 16.2. The van der Waals surface area contributed by atoms with Gasteiger partial charge in [0, 0.05) is 12.2 Å². The molecule has 0 spiro atoms. The van der Waals surface area contributed by atoms with E-state index >= 15 is 0 Å². The summed E-state index contributed by atoms with van der Waals surface area (Å²) >= 11 is 0. The molecule has 1 N–H and O–H groups in total. The molecule has 0 saturated heterocycles. The van der Waals surface area contributed by atoms with E-state index in [0.717, 1.165) is 33.5 Å². The largest absolute Gasteiger partial charge is 0.320 e. The number of anilines is 1. The van der Waals surface area contributed by atoms with E-state index in [9.17, 15) is 9.59 Å². The van der Waals surface area contributed by atoms with Crippen molar-refractivity contribution >= 4 is 22.6 Å². The number of para-hydroxylation sites is 1. The number of carbonyl (C=O) groups excluding carboxylic acids is 1. The third-order valence-corrected chi connectivity index (χ3v) is 4.81. The van der Waals surface area contributed by atoms with Crippen molar-refractivity contribution in [1.29, 1.82) is 0 Å². The van der Waals surface area contributed by atoms with Crippen molar-refractivity contribution in [3.63, 3.8) is 0 Å². The van der Waals surface area contributed by atoms with Crippen LogP contribution >= 0.6 is 0 Å². The summed E-state index contributed by atoms with van der Waals surface area (Å²) in [6, 6.07) is 9.66. The van der Waals surface area contributed by atoms with Crippen LogP contribution in [0.25, 0.3) is 11.0 Å². The number of rotatable bonds is 3. The van der Waals surface area contributed by atoms with Gasteiger partial charge in [0.05, 0.1) is 11.0 Å². The molecule has 0 bridgehead atoms. The normalized spacial score (nSPS) is 11.0. The molecule has 1 heterocycles.